The van der Waals surface area contributed by atoms with E-state index in [4.69, 9.17) is 27.8 Å². The van der Waals surface area contributed by atoms with Crippen LogP contribution in [0.5, 0.6) is 0 Å². The Morgan fingerprint density at radius 2 is 1.47 bits per heavy atom. The average Bonchev–Trinajstić information content (AvgIpc) is 3.27. The number of carbonyl (C=O) groups is 5. The molecule has 374 valence electrons. The van der Waals surface area contributed by atoms with Gasteiger partial charge in [0.2, 0.25) is 0 Å². The van der Waals surface area contributed by atoms with Crippen molar-refractivity contribution in [2.24, 2.45) is 16.7 Å². The zero-order valence-corrected chi connectivity index (χ0v) is 44.5. The topological polar surface area (TPSA) is 193 Å². The van der Waals surface area contributed by atoms with E-state index < -0.39 is 122 Å². The Hall–Kier alpha value is -4.04. The molecular weight excluding hydrogens is 903 g/mol. The van der Waals surface area contributed by atoms with Crippen LogP contribution < -0.4 is 5.32 Å². The summed E-state index contributed by atoms with van der Waals surface area (Å²) >= 11 is 0. The van der Waals surface area contributed by atoms with Crippen molar-refractivity contribution >= 4 is 46.2 Å². The molecule has 0 aromatic heterocycles. The molecule has 2 saturated carbocycles. The first-order valence-electron chi connectivity index (χ1n) is 24.2. The summed E-state index contributed by atoms with van der Waals surface area (Å²) in [5.41, 5.74) is -5.68. The second-order valence-corrected chi connectivity index (χ2v) is 31.3. The molecule has 2 bridgehead atoms. The van der Waals surface area contributed by atoms with E-state index in [-0.39, 0.29) is 25.0 Å². The zero-order chi connectivity index (χ0) is 50.6. The van der Waals surface area contributed by atoms with Gasteiger partial charge in [-0.05, 0) is 79.0 Å². The molecule has 3 fully saturated rings. The van der Waals surface area contributed by atoms with Crippen molar-refractivity contribution in [3.8, 4) is 0 Å². The lowest BCUT2D eigenvalue weighted by Gasteiger charge is -2.68. The first-order chi connectivity index (χ1) is 31.6. The number of aliphatic hydroxyl groups is 2. The standard InChI is InChI=1S/C52H75NO13Si2/c1-15-68(16-2,17-3)65-37-28-38-51(30-61-38,64-33(6)55)43-45(57)52(60)29-36(31(4)39(49(52,10)11)41(62-32(5)54)44(56)50(37,43)12)63-47(59)42(66-67(13,14)48(7,8)9)40(34-24-20-18-21-25-34)53-46(58)35-26-22-19-23-27-35/h18-27,36-38,40-43,45,57,60H,15-17,28-30H2,1-14H3,(H,53,58)/t36-,37-,38+,40-,41+,42+,43-,45-,50+,51-,52+/m0/s1. The smallest absolute Gasteiger partial charge is 0.337 e. The predicted molar refractivity (Wildman–Crippen MR) is 260 cm³/mol. The number of ketones is 1. The number of esters is 3. The number of Topliss-reactive ketones (excluding diaryl/α,β-unsaturated/α-hetero) is 1. The van der Waals surface area contributed by atoms with Crippen LogP contribution in [-0.2, 0) is 47.0 Å². The second-order valence-electron chi connectivity index (χ2n) is 21.8. The Balaban J connectivity index is 1.56. The number of carbonyl (C=O) groups excluding carboxylic acids is 5. The molecule has 68 heavy (non-hydrogen) atoms. The molecule has 1 aliphatic heterocycles. The summed E-state index contributed by atoms with van der Waals surface area (Å²) < 4.78 is 39.3. The number of nitrogens with one attached hydrogen (secondary N) is 1. The summed E-state index contributed by atoms with van der Waals surface area (Å²) in [5.74, 6) is -4.73. The van der Waals surface area contributed by atoms with Gasteiger partial charge in [-0.15, -0.1) is 0 Å². The Labute approximate surface area is 404 Å². The highest BCUT2D eigenvalue weighted by Crippen LogP contribution is 2.64. The molecule has 3 aliphatic carbocycles. The Bertz CT molecular complexity index is 2250. The number of rotatable bonds is 15. The SMILES string of the molecule is CC[Si](CC)(CC)O[C@H]1C[C@H]2OC[C@@]2(OC(C)=O)[C@H]2[C@H](O)[C@]3(O)C[C@H](OC(=O)[C@H](O[Si](C)(C)C(C)(C)C)[C@@H](NC(=O)c4ccccc4)c4ccccc4)C(C)=C([C@@H](OC(C)=O)C(=O)[C@]12C)C3(C)C. The second kappa shape index (κ2) is 19.3. The van der Waals surface area contributed by atoms with Crippen LogP contribution in [0.1, 0.15) is 118 Å². The summed E-state index contributed by atoms with van der Waals surface area (Å²) in [4.78, 5) is 71.9. The van der Waals surface area contributed by atoms with Crippen LogP contribution in [0.15, 0.2) is 71.8 Å². The van der Waals surface area contributed by atoms with Crippen LogP contribution in [0.4, 0.5) is 0 Å². The summed E-state index contributed by atoms with van der Waals surface area (Å²) in [5, 5.41) is 29.7. The van der Waals surface area contributed by atoms with Crippen molar-refractivity contribution < 1.29 is 62.0 Å². The normalized spacial score (nSPS) is 31.1. The Kier molecular flexibility index (Phi) is 15.1. The molecule has 1 amide bonds. The van der Waals surface area contributed by atoms with E-state index >= 15 is 9.59 Å². The summed E-state index contributed by atoms with van der Waals surface area (Å²) in [6.45, 7) is 25.2. The van der Waals surface area contributed by atoms with Crippen molar-refractivity contribution in [3.05, 3.63) is 82.9 Å². The van der Waals surface area contributed by atoms with Gasteiger partial charge >= 0.3 is 17.9 Å². The molecule has 1 saturated heterocycles. The van der Waals surface area contributed by atoms with Crippen LogP contribution in [-0.4, -0.2) is 111 Å². The van der Waals surface area contributed by atoms with Gasteiger partial charge in [0, 0.05) is 43.6 Å². The molecule has 2 aromatic rings. The molecule has 0 spiro atoms. The monoisotopic (exact) mass is 977 g/mol. The maximum atomic E-state index is 16.1. The summed E-state index contributed by atoms with van der Waals surface area (Å²) in [6.07, 6.45) is -8.23. The lowest BCUT2D eigenvalue weighted by atomic mass is 9.44. The van der Waals surface area contributed by atoms with Crippen LogP contribution in [0.25, 0.3) is 0 Å². The summed E-state index contributed by atoms with van der Waals surface area (Å²) in [6, 6.07) is 18.7. The molecule has 4 aliphatic rings. The van der Waals surface area contributed by atoms with E-state index in [1.165, 1.54) is 13.8 Å². The number of fused-ring (bicyclic) bond motifs is 5. The van der Waals surface area contributed by atoms with Gasteiger partial charge in [0.15, 0.2) is 40.2 Å². The van der Waals surface area contributed by atoms with Crippen LogP contribution in [0.3, 0.4) is 0 Å². The molecule has 2 aromatic carbocycles. The average molecular weight is 978 g/mol. The predicted octanol–water partition coefficient (Wildman–Crippen LogP) is 7.93. The van der Waals surface area contributed by atoms with Gasteiger partial charge in [0.1, 0.15) is 17.8 Å². The molecular formula is C52H75NO13Si2. The minimum absolute atomic E-state index is 0.138. The molecule has 1 heterocycles. The number of hydrogen-bond donors (Lipinski definition) is 3. The highest BCUT2D eigenvalue weighted by molar-refractivity contribution is 6.74. The third-order valence-corrected chi connectivity index (χ3v) is 25.9. The molecule has 11 atom stereocenters. The van der Waals surface area contributed by atoms with Gasteiger partial charge in [0.25, 0.3) is 5.91 Å². The van der Waals surface area contributed by atoms with Gasteiger partial charge in [-0.3, -0.25) is 19.2 Å². The van der Waals surface area contributed by atoms with Crippen LogP contribution in [0.2, 0.25) is 36.3 Å². The lowest BCUT2D eigenvalue weighted by molar-refractivity contribution is -0.345. The molecule has 0 unspecified atom stereocenters. The van der Waals surface area contributed by atoms with Crippen LogP contribution in [0, 0.1) is 16.7 Å². The Morgan fingerprint density at radius 1 is 0.897 bits per heavy atom. The number of amides is 1. The minimum atomic E-state index is -2.87. The van der Waals surface area contributed by atoms with E-state index in [1.807, 2.05) is 39.9 Å². The molecule has 0 radical (unpaired) electrons. The van der Waals surface area contributed by atoms with E-state index in [2.05, 4.69) is 26.1 Å². The third-order valence-electron chi connectivity index (χ3n) is 16.8. The number of aliphatic hydroxyl groups excluding tert-OH is 1. The highest BCUT2D eigenvalue weighted by atomic mass is 28.4. The lowest BCUT2D eigenvalue weighted by Crippen LogP contribution is -2.82. The van der Waals surface area contributed by atoms with Crippen molar-refractivity contribution in [1.82, 2.24) is 5.32 Å². The first kappa shape index (κ1) is 53.3. The van der Waals surface area contributed by atoms with Gasteiger partial charge in [-0.25, -0.2) is 4.79 Å². The van der Waals surface area contributed by atoms with Gasteiger partial charge < -0.3 is 43.3 Å². The zero-order valence-electron chi connectivity index (χ0n) is 42.5. The highest BCUT2D eigenvalue weighted by Gasteiger charge is 2.78. The fourth-order valence-electron chi connectivity index (χ4n) is 11.4. The van der Waals surface area contributed by atoms with E-state index in [1.54, 1.807) is 82.3 Å². The van der Waals surface area contributed by atoms with Crippen molar-refractivity contribution in [2.75, 3.05) is 6.61 Å². The van der Waals surface area contributed by atoms with Crippen LogP contribution >= 0.6 is 0 Å². The van der Waals surface area contributed by atoms with Gasteiger partial charge in [0.05, 0.1) is 30.3 Å². The van der Waals surface area contributed by atoms with E-state index in [9.17, 15) is 24.6 Å². The maximum Gasteiger partial charge on any atom is 0.337 e. The van der Waals surface area contributed by atoms with Crippen molar-refractivity contribution in [2.45, 2.75) is 186 Å². The number of ether oxygens (including phenoxy) is 4. The molecule has 14 nitrogen and oxygen atoms in total. The molecule has 3 N–H and O–H groups in total. The fraction of sp³-hybridized carbons (Fsp3) is 0.635. The molecule has 6 rings (SSSR count). The van der Waals surface area contributed by atoms with E-state index in [0.29, 0.717) is 16.7 Å². The van der Waals surface area contributed by atoms with Gasteiger partial charge in [-0.2, -0.15) is 0 Å². The summed E-state index contributed by atoms with van der Waals surface area (Å²) in [7, 11) is -5.41. The minimum Gasteiger partial charge on any atom is -0.456 e. The van der Waals surface area contributed by atoms with Crippen molar-refractivity contribution in [1.29, 1.82) is 0 Å². The fourth-order valence-corrected chi connectivity index (χ4v) is 15.5. The third kappa shape index (κ3) is 9.11. The quantitative estimate of drug-likeness (QED) is 0.0675. The molecule has 16 heteroatoms. The maximum absolute atomic E-state index is 16.1. The Morgan fingerprint density at radius 3 is 1.97 bits per heavy atom. The number of hydrogen-bond acceptors (Lipinski definition) is 13. The van der Waals surface area contributed by atoms with Gasteiger partial charge in [-0.1, -0.05) is 104 Å². The largest absolute Gasteiger partial charge is 0.456 e. The number of benzene rings is 2. The first-order valence-corrected chi connectivity index (χ1v) is 29.7. The van der Waals surface area contributed by atoms with E-state index in [0.717, 1.165) is 18.1 Å². The van der Waals surface area contributed by atoms with Crippen molar-refractivity contribution in [3.63, 3.8) is 0 Å².